The first kappa shape index (κ1) is 15.0. The van der Waals surface area contributed by atoms with Gasteiger partial charge < -0.3 is 0 Å². The molecule has 0 aliphatic rings. The van der Waals surface area contributed by atoms with Crippen LogP contribution < -0.4 is 21.6 Å². The van der Waals surface area contributed by atoms with Crippen molar-refractivity contribution in [3.8, 4) is 9.85 Å². The van der Waals surface area contributed by atoms with Crippen LogP contribution in [0.25, 0.3) is 0 Å². The second kappa shape index (κ2) is 6.88. The lowest BCUT2D eigenvalue weighted by Gasteiger charge is -1.96. The molecule has 0 saturated heterocycles. The molecule has 20 heavy (non-hydrogen) atoms. The van der Waals surface area contributed by atoms with E-state index in [0.29, 0.717) is 0 Å². The fourth-order valence-electron chi connectivity index (χ4n) is 1.39. The summed E-state index contributed by atoms with van der Waals surface area (Å²) in [6, 6.07) is 16.0. The number of hydrogen-bond donors (Lipinski definition) is 0. The van der Waals surface area contributed by atoms with Crippen LogP contribution in [0, 0.1) is 16.8 Å². The molecule has 0 aliphatic carbocycles. The molecule has 0 fully saturated rings. The third-order valence-electron chi connectivity index (χ3n) is 2.43. The van der Waals surface area contributed by atoms with E-state index in [4.69, 9.17) is 2.51 Å². The van der Waals surface area contributed by atoms with Crippen molar-refractivity contribution in [3.05, 3.63) is 65.7 Å². The highest BCUT2D eigenvalue weighted by Gasteiger charge is 2.24. The largest absolute Gasteiger partial charge is 0.606 e. The highest BCUT2D eigenvalue weighted by atomic mass is 127. The van der Waals surface area contributed by atoms with E-state index in [1.807, 2.05) is 37.3 Å². The molecule has 2 aromatic carbocycles. The Labute approximate surface area is 129 Å². The first-order chi connectivity index (χ1) is 9.58. The minimum absolute atomic E-state index is 0.171. The first-order valence-electron chi connectivity index (χ1n) is 5.78. The van der Waals surface area contributed by atoms with Crippen molar-refractivity contribution >= 4 is 10.1 Å². The maximum atomic E-state index is 11.9. The van der Waals surface area contributed by atoms with Crippen LogP contribution in [0.4, 0.5) is 0 Å². The number of halogens is 1. The molecule has 0 radical (unpaired) electrons. The van der Waals surface area contributed by atoms with Crippen LogP contribution in [0.5, 0.6) is 0 Å². The summed E-state index contributed by atoms with van der Waals surface area (Å²) in [7, 11) is -3.69. The molecule has 2 aromatic rings. The molecule has 3 nitrogen and oxygen atoms in total. The summed E-state index contributed by atoms with van der Waals surface area (Å²) < 4.78 is 31.6. The van der Waals surface area contributed by atoms with Crippen LogP contribution in [0.1, 0.15) is 11.1 Å². The number of hydrogen-bond acceptors (Lipinski definition) is 3. The summed E-state index contributed by atoms with van der Waals surface area (Å²) in [4.78, 5) is 0.171. The Morgan fingerprint density at radius 3 is 2.30 bits per heavy atom. The Hall–Kier alpha value is -1.36. The Morgan fingerprint density at radius 2 is 1.65 bits per heavy atom. The minimum Gasteiger partial charge on any atom is -0.190 e. The highest BCUT2D eigenvalue weighted by Crippen LogP contribution is 2.10. The van der Waals surface area contributed by atoms with E-state index < -0.39 is 31.7 Å². The van der Waals surface area contributed by atoms with Gasteiger partial charge in [-0.15, -0.1) is 0 Å². The number of benzene rings is 2. The van der Waals surface area contributed by atoms with E-state index >= 15 is 0 Å². The Bertz CT molecular complexity index is 726. The van der Waals surface area contributed by atoms with Gasteiger partial charge in [-0.25, -0.2) is 0 Å². The van der Waals surface area contributed by atoms with Crippen molar-refractivity contribution in [1.82, 2.24) is 0 Å². The molecule has 0 N–H and O–H groups in total. The second-order valence-electron chi connectivity index (χ2n) is 3.99. The molecule has 0 saturated carbocycles. The predicted octanol–water partition coefficient (Wildman–Crippen LogP) is -0.286. The van der Waals surface area contributed by atoms with Crippen molar-refractivity contribution in [2.45, 2.75) is 11.8 Å². The fourth-order valence-corrected chi connectivity index (χ4v) is 4.07. The van der Waals surface area contributed by atoms with Gasteiger partial charge in [0.2, 0.25) is 3.93 Å². The third-order valence-corrected chi connectivity index (χ3v) is 5.96. The second-order valence-corrected chi connectivity index (χ2v) is 7.56. The van der Waals surface area contributed by atoms with Gasteiger partial charge in [0.05, 0.1) is 4.90 Å². The molecule has 2 rings (SSSR count). The Morgan fingerprint density at radius 1 is 1.00 bits per heavy atom. The van der Waals surface area contributed by atoms with Gasteiger partial charge in [0.15, 0.2) is 0 Å². The van der Waals surface area contributed by atoms with Gasteiger partial charge in [-0.3, -0.25) is 0 Å². The summed E-state index contributed by atoms with van der Waals surface area (Å²) in [5.74, 6) is 2.89. The van der Waals surface area contributed by atoms with Crippen molar-refractivity contribution < 1.29 is 32.6 Å². The van der Waals surface area contributed by atoms with E-state index in [9.17, 15) is 8.42 Å². The van der Waals surface area contributed by atoms with E-state index in [0.717, 1.165) is 11.1 Å². The Kier molecular flexibility index (Phi) is 5.17. The predicted molar refractivity (Wildman–Crippen MR) is 72.8 cm³/mol. The van der Waals surface area contributed by atoms with Crippen LogP contribution in [-0.2, 0) is 12.6 Å². The van der Waals surface area contributed by atoms with Gasteiger partial charge in [-0.2, -0.15) is 8.42 Å². The van der Waals surface area contributed by atoms with Gasteiger partial charge >= 0.3 is 31.7 Å². The molecule has 0 atom stereocenters. The average molecular weight is 399 g/mol. The molecular weight excluding hydrogens is 387 g/mol. The molecule has 0 aliphatic heterocycles. The van der Waals surface area contributed by atoms with Crippen molar-refractivity contribution in [2.24, 2.45) is 0 Å². The lowest BCUT2D eigenvalue weighted by molar-refractivity contribution is -0.792. The van der Waals surface area contributed by atoms with Gasteiger partial charge in [0, 0.05) is 8.08 Å². The number of aryl methyl sites for hydroxylation is 1. The fraction of sp³-hybridized carbons (Fsp3) is 0.0667. The maximum Gasteiger partial charge on any atom is 0.606 e. The smallest absolute Gasteiger partial charge is 0.190 e. The lowest BCUT2D eigenvalue weighted by atomic mass is 10.2. The molecule has 102 valence electrons. The molecule has 0 heterocycles. The highest BCUT2D eigenvalue weighted by molar-refractivity contribution is 7.86. The lowest BCUT2D eigenvalue weighted by Crippen LogP contribution is -3.59. The SMILES string of the molecule is Cc1ccc(S(=O)(=O)O[I+]C#Cc2ccccc2)cc1. The van der Waals surface area contributed by atoms with Crippen LogP contribution >= 0.6 is 0 Å². The number of rotatable bonds is 3. The van der Waals surface area contributed by atoms with E-state index in [1.54, 1.807) is 24.3 Å². The van der Waals surface area contributed by atoms with E-state index in [2.05, 4.69) is 9.85 Å². The van der Waals surface area contributed by atoms with Gasteiger partial charge in [0.25, 0.3) is 0 Å². The van der Waals surface area contributed by atoms with Crippen LogP contribution in [0.15, 0.2) is 59.5 Å². The van der Waals surface area contributed by atoms with Crippen LogP contribution in [-0.4, -0.2) is 8.42 Å². The first-order valence-corrected chi connectivity index (χ1v) is 9.15. The zero-order chi connectivity index (χ0) is 14.4. The average Bonchev–Trinajstić information content (AvgIpc) is 2.45. The topological polar surface area (TPSA) is 43.4 Å². The zero-order valence-electron chi connectivity index (χ0n) is 10.7. The molecule has 0 spiro atoms. The van der Waals surface area contributed by atoms with Crippen molar-refractivity contribution in [3.63, 3.8) is 0 Å². The monoisotopic (exact) mass is 399 g/mol. The standard InChI is InChI=1S/C15H12IO3S/c1-13-7-9-15(10-8-13)20(17,18)19-16-12-11-14-5-3-2-4-6-14/h2-10H,1H3/q+1. The van der Waals surface area contributed by atoms with Crippen LogP contribution in [0.3, 0.4) is 0 Å². The molecule has 0 unspecified atom stereocenters. The molecular formula is C15H12IO3S+. The Balaban J connectivity index is 2.00. The van der Waals surface area contributed by atoms with Crippen molar-refractivity contribution in [1.29, 1.82) is 0 Å². The zero-order valence-corrected chi connectivity index (χ0v) is 13.7. The summed E-state index contributed by atoms with van der Waals surface area (Å²) in [5.41, 5.74) is 1.85. The summed E-state index contributed by atoms with van der Waals surface area (Å²) >= 11 is -1.17. The molecule has 0 amide bonds. The molecule has 5 heteroatoms. The van der Waals surface area contributed by atoms with Gasteiger partial charge in [0.1, 0.15) is 0 Å². The minimum atomic E-state index is -3.69. The summed E-state index contributed by atoms with van der Waals surface area (Å²) in [6.45, 7) is 1.90. The maximum absolute atomic E-state index is 11.9. The summed E-state index contributed by atoms with van der Waals surface area (Å²) in [6.07, 6.45) is 0. The molecule has 0 bridgehead atoms. The van der Waals surface area contributed by atoms with E-state index in [-0.39, 0.29) is 4.90 Å². The van der Waals surface area contributed by atoms with Gasteiger partial charge in [-0.05, 0) is 37.1 Å². The molecule has 0 aromatic heterocycles. The normalized spacial score (nSPS) is 10.7. The van der Waals surface area contributed by atoms with E-state index in [1.165, 1.54) is 0 Å². The van der Waals surface area contributed by atoms with Gasteiger partial charge in [-0.1, -0.05) is 35.9 Å². The quantitative estimate of drug-likeness (QED) is 0.527. The third kappa shape index (κ3) is 4.34. The van der Waals surface area contributed by atoms with Crippen LogP contribution in [0.2, 0.25) is 0 Å². The van der Waals surface area contributed by atoms with Crippen molar-refractivity contribution in [2.75, 3.05) is 0 Å². The summed E-state index contributed by atoms with van der Waals surface area (Å²) in [5, 5.41) is 0.